The lowest BCUT2D eigenvalue weighted by molar-refractivity contribution is -0.138. The summed E-state index contributed by atoms with van der Waals surface area (Å²) in [4.78, 5) is 19.3. The van der Waals surface area contributed by atoms with E-state index in [1.165, 1.54) is 0 Å². The number of nitrogens with two attached hydrogens (primary N) is 1. The molecule has 9 nitrogen and oxygen atoms in total. The summed E-state index contributed by atoms with van der Waals surface area (Å²) in [5.41, 5.74) is 6.95. The molecule has 0 aliphatic carbocycles. The predicted octanol–water partition coefficient (Wildman–Crippen LogP) is 2.05. The quantitative estimate of drug-likeness (QED) is 0.707. The summed E-state index contributed by atoms with van der Waals surface area (Å²) in [5.74, 6) is 0.590. The van der Waals surface area contributed by atoms with Crippen LogP contribution in [0, 0.1) is 5.92 Å². The van der Waals surface area contributed by atoms with Gasteiger partial charge in [0.2, 0.25) is 5.91 Å². The number of aromatic nitrogens is 1. The Morgan fingerprint density at radius 2 is 2.03 bits per heavy atom. The minimum Gasteiger partial charge on any atom is -0.492 e. The van der Waals surface area contributed by atoms with Crippen molar-refractivity contribution < 1.29 is 17.9 Å². The molecule has 1 unspecified atom stereocenters. The summed E-state index contributed by atoms with van der Waals surface area (Å²) < 4.78 is 35.5. The predicted molar refractivity (Wildman–Crippen MR) is 122 cm³/mol. The third kappa shape index (κ3) is 4.40. The van der Waals surface area contributed by atoms with Crippen LogP contribution in [0.4, 0.5) is 5.69 Å². The first-order valence-electron chi connectivity index (χ1n) is 10.5. The molecule has 1 amide bonds. The number of carbonyl (C=O) groups excluding carboxylic acids is 1. The van der Waals surface area contributed by atoms with Crippen molar-refractivity contribution in [1.82, 2.24) is 9.88 Å². The maximum Gasteiger partial charge on any atom is 0.344 e. The number of benzene rings is 1. The third-order valence-corrected chi connectivity index (χ3v) is 6.87. The van der Waals surface area contributed by atoms with Gasteiger partial charge in [-0.15, -0.1) is 4.40 Å². The van der Waals surface area contributed by atoms with E-state index in [1.54, 1.807) is 30.6 Å². The van der Waals surface area contributed by atoms with Gasteiger partial charge in [-0.3, -0.25) is 14.5 Å². The van der Waals surface area contributed by atoms with Crippen LogP contribution in [0.3, 0.4) is 0 Å². The van der Waals surface area contributed by atoms with Gasteiger partial charge in [0.15, 0.2) is 5.84 Å². The monoisotopic (exact) mass is 457 g/mol. The maximum absolute atomic E-state index is 13.3. The molecule has 1 saturated heterocycles. The van der Waals surface area contributed by atoms with Crippen LogP contribution >= 0.6 is 0 Å². The molecule has 3 N–H and O–H groups in total. The van der Waals surface area contributed by atoms with Crippen LogP contribution in [0.1, 0.15) is 37.8 Å². The van der Waals surface area contributed by atoms with E-state index in [9.17, 15) is 13.2 Å². The molecule has 2 aliphatic rings. The van der Waals surface area contributed by atoms with Crippen molar-refractivity contribution in [3.63, 3.8) is 0 Å². The number of fused-ring (bicyclic) bond motifs is 1. The standard InChI is InChI=1S/C22H27N5O4S/c1-22(2,16-8-10-24-11-9-16)21(28)27-12-4-5-15(13-27)14-31-18-7-3-6-17-19(18)20(23)26-32(29,30)25-17/h3,6-11,15,25H,4-5,12-14H2,1-2H3,(H2,23,26). The van der Waals surface area contributed by atoms with Crippen LogP contribution in [0.25, 0.3) is 0 Å². The van der Waals surface area contributed by atoms with Crippen molar-refractivity contribution in [3.8, 4) is 5.75 Å². The fourth-order valence-electron chi connectivity index (χ4n) is 4.22. The fourth-order valence-corrected chi connectivity index (χ4v) is 5.06. The number of ether oxygens (including phenoxy) is 1. The summed E-state index contributed by atoms with van der Waals surface area (Å²) in [5, 5.41) is 0. The Morgan fingerprint density at radius 3 is 2.78 bits per heavy atom. The summed E-state index contributed by atoms with van der Waals surface area (Å²) in [6.07, 6.45) is 5.23. The van der Waals surface area contributed by atoms with Crippen LogP contribution < -0.4 is 15.2 Å². The molecule has 0 saturated carbocycles. The van der Waals surface area contributed by atoms with Gasteiger partial charge in [-0.2, -0.15) is 8.42 Å². The van der Waals surface area contributed by atoms with Crippen LogP contribution in [-0.4, -0.2) is 49.7 Å². The van der Waals surface area contributed by atoms with Gasteiger partial charge in [-0.05, 0) is 56.5 Å². The molecule has 1 fully saturated rings. The van der Waals surface area contributed by atoms with Crippen LogP contribution in [0.15, 0.2) is 47.1 Å². The van der Waals surface area contributed by atoms with E-state index in [0.717, 1.165) is 18.4 Å². The highest BCUT2D eigenvalue weighted by Crippen LogP contribution is 2.32. The van der Waals surface area contributed by atoms with E-state index in [2.05, 4.69) is 14.1 Å². The van der Waals surface area contributed by atoms with Gasteiger partial charge in [0.1, 0.15) is 5.75 Å². The second kappa shape index (κ2) is 8.42. The zero-order valence-corrected chi connectivity index (χ0v) is 18.9. The van der Waals surface area contributed by atoms with Gasteiger partial charge in [0.25, 0.3) is 0 Å². The number of nitrogens with one attached hydrogen (secondary N) is 1. The second-order valence-electron chi connectivity index (χ2n) is 8.66. The summed E-state index contributed by atoms with van der Waals surface area (Å²) >= 11 is 0. The molecule has 4 rings (SSSR count). The van der Waals surface area contributed by atoms with E-state index < -0.39 is 15.6 Å². The number of rotatable bonds is 5. The summed E-state index contributed by atoms with van der Waals surface area (Å²) in [6, 6.07) is 8.80. The molecule has 3 heterocycles. The molecule has 1 aromatic carbocycles. The van der Waals surface area contributed by atoms with Gasteiger partial charge in [-0.1, -0.05) is 6.07 Å². The van der Waals surface area contributed by atoms with Crippen molar-refractivity contribution in [2.24, 2.45) is 16.0 Å². The average molecular weight is 458 g/mol. The number of anilines is 1. The number of nitrogens with zero attached hydrogens (tertiary/aromatic N) is 3. The minimum atomic E-state index is -3.84. The number of hydrogen-bond donors (Lipinski definition) is 2. The molecular weight excluding hydrogens is 430 g/mol. The molecule has 0 spiro atoms. The molecule has 0 bridgehead atoms. The van der Waals surface area contributed by atoms with Crippen molar-refractivity contribution in [1.29, 1.82) is 0 Å². The normalized spacial score (nSPS) is 20.0. The zero-order chi connectivity index (χ0) is 22.9. The Morgan fingerprint density at radius 1 is 1.28 bits per heavy atom. The molecule has 170 valence electrons. The van der Waals surface area contributed by atoms with Crippen LogP contribution in [0.2, 0.25) is 0 Å². The van der Waals surface area contributed by atoms with Gasteiger partial charge in [-0.25, -0.2) is 0 Å². The largest absolute Gasteiger partial charge is 0.492 e. The van der Waals surface area contributed by atoms with Crippen molar-refractivity contribution >= 4 is 27.6 Å². The third-order valence-electron chi connectivity index (χ3n) is 5.96. The Kier molecular flexibility index (Phi) is 5.81. The van der Waals surface area contributed by atoms with Crippen LogP contribution in [0.5, 0.6) is 5.75 Å². The number of pyridine rings is 1. The Balaban J connectivity index is 1.45. The lowest BCUT2D eigenvalue weighted by atomic mass is 9.83. The first kappa shape index (κ1) is 22.1. The lowest BCUT2D eigenvalue weighted by Gasteiger charge is -2.37. The van der Waals surface area contributed by atoms with Gasteiger partial charge >= 0.3 is 10.2 Å². The summed E-state index contributed by atoms with van der Waals surface area (Å²) in [7, 11) is -3.84. The van der Waals surface area contributed by atoms with Gasteiger partial charge in [0.05, 0.1) is 23.3 Å². The minimum absolute atomic E-state index is 0.0799. The maximum atomic E-state index is 13.3. The second-order valence-corrected chi connectivity index (χ2v) is 10.0. The molecule has 2 aliphatic heterocycles. The lowest BCUT2D eigenvalue weighted by Crippen LogP contribution is -2.48. The number of amidine groups is 1. The molecule has 32 heavy (non-hydrogen) atoms. The van der Waals surface area contributed by atoms with E-state index in [1.807, 2.05) is 30.9 Å². The molecule has 1 atom stereocenters. The molecule has 0 radical (unpaired) electrons. The average Bonchev–Trinajstić information content (AvgIpc) is 2.76. The van der Waals surface area contributed by atoms with Gasteiger partial charge in [0, 0.05) is 31.4 Å². The number of amides is 1. The first-order chi connectivity index (χ1) is 15.2. The van der Waals surface area contributed by atoms with Crippen molar-refractivity contribution in [3.05, 3.63) is 53.9 Å². The number of carbonyl (C=O) groups is 1. The fraction of sp³-hybridized carbons (Fsp3) is 0.409. The van der Waals surface area contributed by atoms with Crippen molar-refractivity contribution in [2.75, 3.05) is 24.4 Å². The molecule has 2 aromatic rings. The Hall–Kier alpha value is -3.14. The van der Waals surface area contributed by atoms with E-state index in [4.69, 9.17) is 10.5 Å². The smallest absolute Gasteiger partial charge is 0.344 e. The summed E-state index contributed by atoms with van der Waals surface area (Å²) in [6.45, 7) is 5.56. The zero-order valence-electron chi connectivity index (χ0n) is 18.1. The van der Waals surface area contributed by atoms with Crippen molar-refractivity contribution in [2.45, 2.75) is 32.1 Å². The van der Waals surface area contributed by atoms with E-state index in [-0.39, 0.29) is 17.7 Å². The highest BCUT2D eigenvalue weighted by atomic mass is 32.2. The number of piperidine rings is 1. The number of likely N-dealkylation sites (tertiary alicyclic amines) is 1. The van der Waals surface area contributed by atoms with E-state index in [0.29, 0.717) is 36.7 Å². The number of hydrogen-bond acceptors (Lipinski definition) is 6. The topological polar surface area (TPSA) is 127 Å². The highest BCUT2D eigenvalue weighted by Gasteiger charge is 2.36. The SMILES string of the molecule is CC(C)(C(=O)N1CCCC(COc2cccc3c2C(N)=NS(=O)(=O)N3)C1)c1ccncc1. The Labute approximate surface area is 187 Å². The highest BCUT2D eigenvalue weighted by molar-refractivity contribution is 7.91. The van der Waals surface area contributed by atoms with Gasteiger partial charge < -0.3 is 15.4 Å². The van der Waals surface area contributed by atoms with E-state index >= 15 is 0 Å². The molecular formula is C22H27N5O4S. The Bertz CT molecular complexity index is 1150. The molecule has 10 heteroatoms. The molecule has 1 aromatic heterocycles. The van der Waals surface area contributed by atoms with Crippen LogP contribution in [-0.2, 0) is 20.4 Å². The first-order valence-corrected chi connectivity index (χ1v) is 12.0.